The minimum atomic E-state index is 0.126. The van der Waals surface area contributed by atoms with Crippen LogP contribution in [0.3, 0.4) is 0 Å². The van der Waals surface area contributed by atoms with Crippen LogP contribution in [0, 0.1) is 11.8 Å². The highest BCUT2D eigenvalue weighted by Crippen LogP contribution is 2.45. The van der Waals surface area contributed by atoms with Crippen molar-refractivity contribution in [1.29, 1.82) is 0 Å². The SMILES string of the molecule is C/C=N/NC(=O)C1CCCCC(C(C)(C)BC2CCCCCCCC2)CCC1. The van der Waals surface area contributed by atoms with Gasteiger partial charge in [0.05, 0.1) is 0 Å². The number of hydrazone groups is 1. The van der Waals surface area contributed by atoms with Gasteiger partial charge in [-0.15, -0.1) is 0 Å². The van der Waals surface area contributed by atoms with E-state index in [1.165, 1.54) is 90.8 Å². The summed E-state index contributed by atoms with van der Waals surface area (Å²) in [4.78, 5) is 12.3. The summed E-state index contributed by atoms with van der Waals surface area (Å²) in [5, 5.41) is 4.38. The van der Waals surface area contributed by atoms with Gasteiger partial charge in [0, 0.05) is 12.1 Å². The molecule has 160 valence electrons. The van der Waals surface area contributed by atoms with Crippen LogP contribution in [0.1, 0.15) is 117 Å². The van der Waals surface area contributed by atoms with Crippen molar-refractivity contribution in [2.24, 2.45) is 16.9 Å². The number of hydrogen-bond acceptors (Lipinski definition) is 2. The lowest BCUT2D eigenvalue weighted by Crippen LogP contribution is -2.28. The van der Waals surface area contributed by atoms with E-state index in [0.717, 1.165) is 24.6 Å². The quantitative estimate of drug-likeness (QED) is 0.320. The molecule has 4 heteroatoms. The highest BCUT2D eigenvalue weighted by molar-refractivity contribution is 6.41. The Morgan fingerprint density at radius 2 is 1.39 bits per heavy atom. The van der Waals surface area contributed by atoms with Gasteiger partial charge >= 0.3 is 0 Å². The fourth-order valence-electron chi connectivity index (χ4n) is 5.78. The Balaban J connectivity index is 1.88. The molecule has 0 spiro atoms. The molecule has 2 fully saturated rings. The van der Waals surface area contributed by atoms with Gasteiger partial charge in [-0.2, -0.15) is 5.10 Å². The molecular formula is C24H45BN2O. The molecule has 2 saturated carbocycles. The van der Waals surface area contributed by atoms with Gasteiger partial charge in [-0.1, -0.05) is 108 Å². The zero-order valence-corrected chi connectivity index (χ0v) is 19.0. The van der Waals surface area contributed by atoms with Crippen LogP contribution in [0.2, 0.25) is 11.1 Å². The van der Waals surface area contributed by atoms with Gasteiger partial charge in [-0.25, -0.2) is 5.43 Å². The van der Waals surface area contributed by atoms with Crippen molar-refractivity contribution in [2.75, 3.05) is 0 Å². The summed E-state index contributed by atoms with van der Waals surface area (Å²) in [7, 11) is 1.41. The number of carbonyl (C=O) groups excluding carboxylic acids is 1. The largest absolute Gasteiger partial charge is 0.273 e. The van der Waals surface area contributed by atoms with Gasteiger partial charge in [-0.3, -0.25) is 4.79 Å². The molecule has 0 bridgehead atoms. The van der Waals surface area contributed by atoms with E-state index in [4.69, 9.17) is 0 Å². The number of nitrogens with zero attached hydrogens (tertiary/aromatic N) is 1. The molecule has 0 aliphatic heterocycles. The van der Waals surface area contributed by atoms with Crippen LogP contribution >= 0.6 is 0 Å². The first-order valence-corrected chi connectivity index (χ1v) is 12.3. The van der Waals surface area contributed by atoms with Crippen molar-refractivity contribution in [2.45, 2.75) is 128 Å². The van der Waals surface area contributed by atoms with Crippen LogP contribution < -0.4 is 5.43 Å². The summed E-state index contributed by atoms with van der Waals surface area (Å²) >= 11 is 0. The Kier molecular flexibility index (Phi) is 10.7. The molecule has 0 heterocycles. The van der Waals surface area contributed by atoms with E-state index in [1.807, 2.05) is 6.92 Å². The molecule has 1 amide bonds. The van der Waals surface area contributed by atoms with Crippen molar-refractivity contribution in [1.82, 2.24) is 5.43 Å². The molecule has 0 aromatic heterocycles. The van der Waals surface area contributed by atoms with Gasteiger partial charge in [0.2, 0.25) is 5.91 Å². The lowest BCUT2D eigenvalue weighted by molar-refractivity contribution is -0.125. The first-order valence-electron chi connectivity index (χ1n) is 12.3. The maximum absolute atomic E-state index is 12.3. The number of carbonyl (C=O) groups is 1. The molecule has 2 rings (SSSR count). The smallest absolute Gasteiger partial charge is 0.243 e. The Morgan fingerprint density at radius 1 is 0.857 bits per heavy atom. The van der Waals surface area contributed by atoms with Crippen molar-refractivity contribution in [3.8, 4) is 0 Å². The second-order valence-electron chi connectivity index (χ2n) is 10.2. The molecule has 2 aliphatic carbocycles. The normalized spacial score (nSPS) is 27.0. The number of amides is 1. The first-order chi connectivity index (χ1) is 13.5. The van der Waals surface area contributed by atoms with Gasteiger partial charge < -0.3 is 0 Å². The monoisotopic (exact) mass is 388 g/mol. The summed E-state index contributed by atoms with van der Waals surface area (Å²) in [5.41, 5.74) is 2.71. The van der Waals surface area contributed by atoms with Crippen molar-refractivity contribution < 1.29 is 4.79 Å². The van der Waals surface area contributed by atoms with Crippen LogP contribution in [0.15, 0.2) is 5.10 Å². The third kappa shape index (κ3) is 8.29. The van der Waals surface area contributed by atoms with E-state index in [-0.39, 0.29) is 11.8 Å². The topological polar surface area (TPSA) is 41.5 Å². The lowest BCUT2D eigenvalue weighted by Gasteiger charge is -2.37. The summed E-state index contributed by atoms with van der Waals surface area (Å²) in [6.07, 6.45) is 21.6. The zero-order chi connectivity index (χ0) is 20.2. The summed E-state index contributed by atoms with van der Waals surface area (Å²) in [6.45, 7) is 6.93. The van der Waals surface area contributed by atoms with Gasteiger partial charge in [0.15, 0.2) is 0 Å². The van der Waals surface area contributed by atoms with E-state index in [9.17, 15) is 4.79 Å². The highest BCUT2D eigenvalue weighted by atomic mass is 16.2. The van der Waals surface area contributed by atoms with E-state index >= 15 is 0 Å². The summed E-state index contributed by atoms with van der Waals surface area (Å²) in [6, 6.07) is 0. The van der Waals surface area contributed by atoms with E-state index in [0.29, 0.717) is 5.31 Å². The number of rotatable bonds is 5. The molecule has 0 saturated heterocycles. The van der Waals surface area contributed by atoms with E-state index in [2.05, 4.69) is 24.4 Å². The lowest BCUT2D eigenvalue weighted by atomic mass is 9.41. The minimum Gasteiger partial charge on any atom is -0.273 e. The van der Waals surface area contributed by atoms with Crippen LogP contribution in [-0.2, 0) is 4.79 Å². The molecule has 0 aromatic rings. The summed E-state index contributed by atoms with van der Waals surface area (Å²) < 4.78 is 0. The van der Waals surface area contributed by atoms with Crippen molar-refractivity contribution in [3.63, 3.8) is 0 Å². The van der Waals surface area contributed by atoms with E-state index < -0.39 is 0 Å². The number of nitrogens with one attached hydrogen (secondary N) is 1. The number of hydrogen-bond donors (Lipinski definition) is 1. The molecule has 0 aromatic carbocycles. The van der Waals surface area contributed by atoms with Gasteiger partial charge in [0.25, 0.3) is 0 Å². The maximum Gasteiger partial charge on any atom is 0.243 e. The van der Waals surface area contributed by atoms with Crippen molar-refractivity contribution in [3.05, 3.63) is 0 Å². The average molecular weight is 388 g/mol. The highest BCUT2D eigenvalue weighted by Gasteiger charge is 2.33. The van der Waals surface area contributed by atoms with Crippen LogP contribution in [0.5, 0.6) is 0 Å². The molecule has 2 atom stereocenters. The van der Waals surface area contributed by atoms with Gasteiger partial charge in [-0.05, 0) is 25.7 Å². The Morgan fingerprint density at radius 3 is 2.07 bits per heavy atom. The predicted molar refractivity (Wildman–Crippen MR) is 123 cm³/mol. The van der Waals surface area contributed by atoms with Crippen molar-refractivity contribution >= 4 is 19.4 Å². The predicted octanol–water partition coefficient (Wildman–Crippen LogP) is 6.64. The standard InChI is InChI=1S/C24H45BN2O/c1-4-26-27-23(28)20-14-11-12-16-21(17-13-15-20)24(2,3)25-22-18-9-7-5-6-8-10-19-22/h4,20-22,25H,5-19H2,1-3H3,(H,27,28)/b26-4+. The first kappa shape index (κ1) is 23.5. The van der Waals surface area contributed by atoms with Crippen LogP contribution in [0.4, 0.5) is 0 Å². The molecule has 2 aliphatic rings. The maximum atomic E-state index is 12.3. The minimum absolute atomic E-state index is 0.126. The van der Waals surface area contributed by atoms with E-state index in [1.54, 1.807) is 6.21 Å². The molecule has 3 nitrogen and oxygen atoms in total. The fraction of sp³-hybridized carbons (Fsp3) is 0.917. The average Bonchev–Trinajstić information content (AvgIpc) is 2.87. The third-order valence-corrected chi connectivity index (χ3v) is 7.53. The molecule has 28 heavy (non-hydrogen) atoms. The molecular weight excluding hydrogens is 343 g/mol. The van der Waals surface area contributed by atoms with Crippen LogP contribution in [0.25, 0.3) is 0 Å². The summed E-state index contributed by atoms with van der Waals surface area (Å²) in [5.74, 6) is 2.03. The fourth-order valence-corrected chi connectivity index (χ4v) is 5.78. The Labute approximate surface area is 175 Å². The third-order valence-electron chi connectivity index (χ3n) is 7.53. The second kappa shape index (κ2) is 12.7. The zero-order valence-electron chi connectivity index (χ0n) is 19.0. The van der Waals surface area contributed by atoms with Crippen LogP contribution in [-0.4, -0.2) is 19.4 Å². The Bertz CT molecular complexity index is 467. The molecule has 1 N–H and O–H groups in total. The van der Waals surface area contributed by atoms with Gasteiger partial charge in [0.1, 0.15) is 7.28 Å². The second-order valence-corrected chi connectivity index (χ2v) is 10.2. The molecule has 2 unspecified atom stereocenters. The Hall–Kier alpha value is -0.795. The molecule has 0 radical (unpaired) electrons.